The van der Waals surface area contributed by atoms with E-state index in [-0.39, 0.29) is 5.57 Å². The van der Waals surface area contributed by atoms with Gasteiger partial charge in [0, 0.05) is 0 Å². The highest BCUT2D eigenvalue weighted by atomic mass is 19.1. The predicted molar refractivity (Wildman–Crippen MR) is 93.4 cm³/mol. The van der Waals surface area contributed by atoms with Gasteiger partial charge < -0.3 is 9.84 Å². The molecular formula is C20H21FO3. The first-order chi connectivity index (χ1) is 11.4. The van der Waals surface area contributed by atoms with Crippen LogP contribution < -0.4 is 4.74 Å². The standard InChI is InChI=1S/C20H21FO3/c1-13(2)12-24-17-6-4-5-15(9-17)10-18(20(22)23)16-8-7-14(3)19(21)11-16/h4-11,13H,12H2,1-3H3,(H,22,23)/b18-10-. The van der Waals surface area contributed by atoms with Crippen molar-refractivity contribution in [1.29, 1.82) is 0 Å². The lowest BCUT2D eigenvalue weighted by molar-refractivity contribution is -0.130. The fourth-order valence-electron chi connectivity index (χ4n) is 2.15. The molecule has 0 saturated heterocycles. The normalized spacial score (nSPS) is 11.6. The minimum Gasteiger partial charge on any atom is -0.493 e. The number of halogens is 1. The molecule has 24 heavy (non-hydrogen) atoms. The lowest BCUT2D eigenvalue weighted by Crippen LogP contribution is -2.04. The predicted octanol–water partition coefficient (Wildman–Crippen LogP) is 4.79. The minimum absolute atomic E-state index is 0.0370. The van der Waals surface area contributed by atoms with Crippen LogP contribution in [0.3, 0.4) is 0 Å². The molecule has 0 fully saturated rings. The summed E-state index contributed by atoms with van der Waals surface area (Å²) < 4.78 is 19.4. The van der Waals surface area contributed by atoms with Crippen LogP contribution in [0.15, 0.2) is 42.5 Å². The van der Waals surface area contributed by atoms with E-state index in [9.17, 15) is 14.3 Å². The number of carbonyl (C=O) groups is 1. The summed E-state index contributed by atoms with van der Waals surface area (Å²) in [7, 11) is 0. The van der Waals surface area contributed by atoms with E-state index in [1.807, 2.05) is 6.07 Å². The Balaban J connectivity index is 2.35. The van der Waals surface area contributed by atoms with Gasteiger partial charge in [-0.25, -0.2) is 9.18 Å². The highest BCUT2D eigenvalue weighted by Gasteiger charge is 2.12. The van der Waals surface area contributed by atoms with Crippen LogP contribution in [0.4, 0.5) is 4.39 Å². The zero-order valence-corrected chi connectivity index (χ0v) is 14.0. The molecule has 1 N–H and O–H groups in total. The maximum absolute atomic E-state index is 13.7. The minimum atomic E-state index is -1.10. The van der Waals surface area contributed by atoms with E-state index < -0.39 is 11.8 Å². The lowest BCUT2D eigenvalue weighted by atomic mass is 10.0. The molecule has 2 aromatic carbocycles. The molecule has 4 heteroatoms. The van der Waals surface area contributed by atoms with Crippen LogP contribution in [-0.2, 0) is 4.79 Å². The Hall–Kier alpha value is -2.62. The number of carboxylic acids is 1. The lowest BCUT2D eigenvalue weighted by Gasteiger charge is -2.09. The Morgan fingerprint density at radius 2 is 2.00 bits per heavy atom. The van der Waals surface area contributed by atoms with Gasteiger partial charge in [0.25, 0.3) is 0 Å². The molecule has 0 heterocycles. The zero-order chi connectivity index (χ0) is 17.7. The maximum Gasteiger partial charge on any atom is 0.336 e. The number of rotatable bonds is 6. The van der Waals surface area contributed by atoms with Gasteiger partial charge in [-0.1, -0.05) is 38.1 Å². The second-order valence-corrected chi connectivity index (χ2v) is 6.10. The molecule has 0 aliphatic carbocycles. The van der Waals surface area contributed by atoms with Crippen molar-refractivity contribution in [3.63, 3.8) is 0 Å². The van der Waals surface area contributed by atoms with Crippen molar-refractivity contribution >= 4 is 17.6 Å². The first kappa shape index (κ1) is 17.7. The van der Waals surface area contributed by atoms with Gasteiger partial charge in [0.1, 0.15) is 11.6 Å². The first-order valence-corrected chi connectivity index (χ1v) is 7.81. The summed E-state index contributed by atoms with van der Waals surface area (Å²) >= 11 is 0. The number of benzene rings is 2. The highest BCUT2D eigenvalue weighted by molar-refractivity contribution is 6.20. The topological polar surface area (TPSA) is 46.5 Å². The second kappa shape index (κ2) is 7.77. The molecule has 0 unspecified atom stereocenters. The SMILES string of the molecule is Cc1ccc(/C(=C/c2cccc(OCC(C)C)c2)C(=O)O)cc1F. The second-order valence-electron chi connectivity index (χ2n) is 6.10. The van der Waals surface area contributed by atoms with Crippen LogP contribution in [0, 0.1) is 18.7 Å². The smallest absolute Gasteiger partial charge is 0.336 e. The number of ether oxygens (including phenoxy) is 1. The van der Waals surface area contributed by atoms with Crippen LogP contribution in [0.1, 0.15) is 30.5 Å². The maximum atomic E-state index is 13.7. The van der Waals surface area contributed by atoms with Gasteiger partial charge in [0.05, 0.1) is 12.2 Å². The summed E-state index contributed by atoms with van der Waals surface area (Å²) in [5.74, 6) is -0.452. The molecule has 0 amide bonds. The molecule has 0 saturated carbocycles. The molecule has 0 atom stereocenters. The van der Waals surface area contributed by atoms with Gasteiger partial charge in [-0.05, 0) is 53.8 Å². The van der Waals surface area contributed by atoms with Gasteiger partial charge in [-0.2, -0.15) is 0 Å². The molecule has 0 aliphatic rings. The number of hydrogen-bond donors (Lipinski definition) is 1. The van der Waals surface area contributed by atoms with E-state index >= 15 is 0 Å². The molecule has 2 rings (SSSR count). The van der Waals surface area contributed by atoms with Gasteiger partial charge in [0.15, 0.2) is 0 Å². The van der Waals surface area contributed by atoms with E-state index in [4.69, 9.17) is 4.74 Å². The summed E-state index contributed by atoms with van der Waals surface area (Å²) in [5.41, 5.74) is 1.54. The van der Waals surface area contributed by atoms with Crippen molar-refractivity contribution in [2.45, 2.75) is 20.8 Å². The van der Waals surface area contributed by atoms with Gasteiger partial charge in [0.2, 0.25) is 0 Å². The fraction of sp³-hybridized carbons (Fsp3) is 0.250. The summed E-state index contributed by atoms with van der Waals surface area (Å²) in [6.07, 6.45) is 1.52. The van der Waals surface area contributed by atoms with Crippen LogP contribution in [0.5, 0.6) is 5.75 Å². The van der Waals surface area contributed by atoms with E-state index in [1.54, 1.807) is 37.3 Å². The largest absolute Gasteiger partial charge is 0.493 e. The number of aliphatic carboxylic acids is 1. The fourth-order valence-corrected chi connectivity index (χ4v) is 2.15. The molecule has 0 radical (unpaired) electrons. The monoisotopic (exact) mass is 328 g/mol. The Morgan fingerprint density at radius 1 is 1.25 bits per heavy atom. The Labute approximate surface area is 141 Å². The van der Waals surface area contributed by atoms with Crippen molar-refractivity contribution in [3.8, 4) is 5.75 Å². The van der Waals surface area contributed by atoms with Crippen LogP contribution >= 0.6 is 0 Å². The molecule has 0 bridgehead atoms. The third-order valence-corrected chi connectivity index (χ3v) is 3.47. The third kappa shape index (κ3) is 4.69. The highest BCUT2D eigenvalue weighted by Crippen LogP contribution is 2.23. The van der Waals surface area contributed by atoms with E-state index in [1.165, 1.54) is 12.1 Å². The molecule has 0 aliphatic heterocycles. The Morgan fingerprint density at radius 3 is 2.62 bits per heavy atom. The molecule has 126 valence electrons. The van der Waals surface area contributed by atoms with Crippen molar-refractivity contribution in [2.75, 3.05) is 6.61 Å². The summed E-state index contributed by atoms with van der Waals surface area (Å²) in [6.45, 7) is 6.33. The molecule has 0 aromatic heterocycles. The van der Waals surface area contributed by atoms with Crippen LogP contribution in [0.25, 0.3) is 11.6 Å². The van der Waals surface area contributed by atoms with Gasteiger partial charge in [-0.15, -0.1) is 0 Å². The molecule has 2 aromatic rings. The van der Waals surface area contributed by atoms with E-state index in [0.717, 1.165) is 0 Å². The number of aryl methyl sites for hydroxylation is 1. The Kier molecular flexibility index (Phi) is 5.74. The van der Waals surface area contributed by atoms with Crippen LogP contribution in [0.2, 0.25) is 0 Å². The number of hydrogen-bond acceptors (Lipinski definition) is 2. The van der Waals surface area contributed by atoms with Gasteiger partial charge >= 0.3 is 5.97 Å². The summed E-state index contributed by atoms with van der Waals surface area (Å²) in [6, 6.07) is 11.6. The molecule has 3 nitrogen and oxygen atoms in total. The van der Waals surface area contributed by atoms with Gasteiger partial charge in [-0.3, -0.25) is 0 Å². The quantitative estimate of drug-likeness (QED) is 0.612. The Bertz CT molecular complexity index is 763. The molecular weight excluding hydrogens is 307 g/mol. The average Bonchev–Trinajstić information content (AvgIpc) is 2.53. The van der Waals surface area contributed by atoms with Crippen LogP contribution in [-0.4, -0.2) is 17.7 Å². The van der Waals surface area contributed by atoms with E-state index in [0.29, 0.717) is 35.0 Å². The van der Waals surface area contributed by atoms with Crippen molar-refractivity contribution in [2.24, 2.45) is 5.92 Å². The zero-order valence-electron chi connectivity index (χ0n) is 14.0. The van der Waals surface area contributed by atoms with E-state index in [2.05, 4.69) is 13.8 Å². The first-order valence-electron chi connectivity index (χ1n) is 7.81. The number of carboxylic acid groups (broad SMARTS) is 1. The van der Waals surface area contributed by atoms with Crippen molar-refractivity contribution in [3.05, 3.63) is 65.0 Å². The molecule has 0 spiro atoms. The third-order valence-electron chi connectivity index (χ3n) is 3.47. The summed E-state index contributed by atoms with van der Waals surface area (Å²) in [4.78, 5) is 11.6. The average molecular weight is 328 g/mol. The summed E-state index contributed by atoms with van der Waals surface area (Å²) in [5, 5.41) is 9.47. The van der Waals surface area contributed by atoms with Crippen molar-refractivity contribution in [1.82, 2.24) is 0 Å². The van der Waals surface area contributed by atoms with Crippen molar-refractivity contribution < 1.29 is 19.0 Å².